The van der Waals surface area contributed by atoms with Gasteiger partial charge in [0.15, 0.2) is 0 Å². The second-order valence-corrected chi connectivity index (χ2v) is 12.2. The number of rotatable bonds is 2. The first-order valence-electron chi connectivity index (χ1n) is 13.2. The molecule has 0 aliphatic carbocycles. The van der Waals surface area contributed by atoms with Crippen molar-refractivity contribution in [2.45, 2.75) is 0 Å². The van der Waals surface area contributed by atoms with E-state index in [2.05, 4.69) is 132 Å². The van der Waals surface area contributed by atoms with Gasteiger partial charge in [-0.3, -0.25) is 0 Å². The Hall–Kier alpha value is -4.44. The predicted octanol–water partition coefficient (Wildman–Crippen LogP) is 11.2. The van der Waals surface area contributed by atoms with Gasteiger partial charge in [-0.1, -0.05) is 84.9 Å². The van der Waals surface area contributed by atoms with Crippen molar-refractivity contribution in [1.29, 1.82) is 0 Å². The molecular formula is C36H21NS2. The lowest BCUT2D eigenvalue weighted by molar-refractivity contribution is 1.20. The van der Waals surface area contributed by atoms with E-state index in [1.54, 1.807) is 0 Å². The van der Waals surface area contributed by atoms with E-state index in [-0.39, 0.29) is 0 Å². The van der Waals surface area contributed by atoms with Gasteiger partial charge in [-0.05, 0) is 53.6 Å². The molecule has 3 aromatic heterocycles. The molecule has 0 fully saturated rings. The fourth-order valence-corrected chi connectivity index (χ4v) is 8.68. The maximum Gasteiger partial charge on any atom is 0.0555 e. The Bertz CT molecular complexity index is 2400. The molecule has 9 aromatic rings. The van der Waals surface area contributed by atoms with Gasteiger partial charge in [0, 0.05) is 51.1 Å². The summed E-state index contributed by atoms with van der Waals surface area (Å²) in [6.07, 6.45) is 0. The van der Waals surface area contributed by atoms with E-state index in [9.17, 15) is 0 Å². The molecule has 39 heavy (non-hydrogen) atoms. The van der Waals surface area contributed by atoms with Gasteiger partial charge in [0.1, 0.15) is 0 Å². The summed E-state index contributed by atoms with van der Waals surface area (Å²) < 4.78 is 7.83. The zero-order valence-corrected chi connectivity index (χ0v) is 22.5. The first kappa shape index (κ1) is 21.5. The fraction of sp³-hybridized carbons (Fsp3) is 0. The van der Waals surface area contributed by atoms with Crippen molar-refractivity contribution >= 4 is 84.8 Å². The molecule has 3 heteroatoms. The highest BCUT2D eigenvalue weighted by Crippen LogP contribution is 2.43. The van der Waals surface area contributed by atoms with Crippen molar-refractivity contribution in [3.63, 3.8) is 0 Å². The molecule has 0 saturated carbocycles. The van der Waals surface area contributed by atoms with Crippen molar-refractivity contribution < 1.29 is 0 Å². The molecular weight excluding hydrogens is 511 g/mol. The van der Waals surface area contributed by atoms with Crippen molar-refractivity contribution in [2.75, 3.05) is 0 Å². The van der Waals surface area contributed by atoms with E-state index >= 15 is 0 Å². The van der Waals surface area contributed by atoms with Gasteiger partial charge in [0.25, 0.3) is 0 Å². The molecule has 3 heterocycles. The minimum absolute atomic E-state index is 1.24. The van der Waals surface area contributed by atoms with Crippen molar-refractivity contribution in [3.05, 3.63) is 127 Å². The third-order valence-corrected chi connectivity index (χ3v) is 10.4. The van der Waals surface area contributed by atoms with Crippen molar-refractivity contribution in [2.24, 2.45) is 0 Å². The molecule has 0 unspecified atom stereocenters. The molecule has 0 amide bonds. The number of thiophene rings is 2. The Morgan fingerprint density at radius 2 is 1.10 bits per heavy atom. The monoisotopic (exact) mass is 531 g/mol. The number of aromatic nitrogens is 1. The van der Waals surface area contributed by atoms with Gasteiger partial charge >= 0.3 is 0 Å². The van der Waals surface area contributed by atoms with Gasteiger partial charge in [0.05, 0.1) is 16.7 Å². The normalized spacial score (nSPS) is 12.1. The van der Waals surface area contributed by atoms with Crippen LogP contribution in [0, 0.1) is 0 Å². The van der Waals surface area contributed by atoms with Crippen molar-refractivity contribution in [1.82, 2.24) is 4.57 Å². The Kier molecular flexibility index (Phi) is 4.43. The minimum atomic E-state index is 1.24. The van der Waals surface area contributed by atoms with Crippen LogP contribution in [0.5, 0.6) is 0 Å². The smallest absolute Gasteiger partial charge is 0.0555 e. The van der Waals surface area contributed by atoms with Crippen LogP contribution in [0.4, 0.5) is 0 Å². The van der Waals surface area contributed by atoms with E-state index in [1.807, 2.05) is 22.7 Å². The maximum absolute atomic E-state index is 2.47. The third-order valence-electron chi connectivity index (χ3n) is 8.01. The average molecular weight is 532 g/mol. The topological polar surface area (TPSA) is 4.93 Å². The minimum Gasteiger partial charge on any atom is -0.309 e. The molecule has 0 saturated heterocycles. The van der Waals surface area contributed by atoms with Crippen LogP contribution in [0.2, 0.25) is 0 Å². The van der Waals surface area contributed by atoms with Crippen LogP contribution in [0.15, 0.2) is 127 Å². The number of hydrogen-bond donors (Lipinski definition) is 0. The highest BCUT2D eigenvalue weighted by molar-refractivity contribution is 7.26. The highest BCUT2D eigenvalue weighted by Gasteiger charge is 2.18. The molecule has 0 bridgehead atoms. The summed E-state index contributed by atoms with van der Waals surface area (Å²) in [6.45, 7) is 0. The largest absolute Gasteiger partial charge is 0.309 e. The molecule has 0 radical (unpaired) electrons. The molecule has 0 aliphatic rings. The first-order valence-corrected chi connectivity index (χ1v) is 14.8. The van der Waals surface area contributed by atoms with Crippen LogP contribution in [-0.4, -0.2) is 4.57 Å². The summed E-state index contributed by atoms with van der Waals surface area (Å²) in [5, 5.41) is 7.92. The number of hydrogen-bond acceptors (Lipinski definition) is 2. The lowest BCUT2D eigenvalue weighted by Gasteiger charge is -2.11. The second kappa shape index (κ2) is 8.03. The van der Waals surface area contributed by atoms with E-state index in [0.717, 1.165) is 0 Å². The number of benzene rings is 6. The number of nitrogens with zero attached hydrogens (tertiary/aromatic N) is 1. The Morgan fingerprint density at radius 3 is 2.00 bits per heavy atom. The van der Waals surface area contributed by atoms with E-state index in [1.165, 1.54) is 79.0 Å². The van der Waals surface area contributed by atoms with Crippen LogP contribution in [0.1, 0.15) is 0 Å². The molecule has 0 N–H and O–H groups in total. The zero-order valence-electron chi connectivity index (χ0n) is 20.9. The Balaban J connectivity index is 1.36. The van der Waals surface area contributed by atoms with Gasteiger partial charge < -0.3 is 4.57 Å². The number of fused-ring (bicyclic) bond motifs is 9. The predicted molar refractivity (Wildman–Crippen MR) is 172 cm³/mol. The summed E-state index contributed by atoms with van der Waals surface area (Å²) in [4.78, 5) is 0. The molecule has 6 aromatic carbocycles. The Labute approximate surface area is 232 Å². The van der Waals surface area contributed by atoms with Crippen molar-refractivity contribution in [3.8, 4) is 16.8 Å². The van der Waals surface area contributed by atoms with Crippen LogP contribution >= 0.6 is 22.7 Å². The summed E-state index contributed by atoms with van der Waals surface area (Å²) in [5.41, 5.74) is 6.30. The zero-order chi connectivity index (χ0) is 25.5. The highest BCUT2D eigenvalue weighted by atomic mass is 32.1. The second-order valence-electron chi connectivity index (χ2n) is 10.1. The first-order chi connectivity index (χ1) is 19.3. The molecule has 1 nitrogen and oxygen atoms in total. The standard InChI is InChI=1S/C36H21NS2/c1-4-14-29-24(9-1)28-21-22(23-12-7-13-26-25-10-2-5-16-32(25)39-36(23)26)19-20-30(28)37(29)31-15-8-18-34-35(31)27-11-3-6-17-33(27)38-34/h1-21H. The lowest BCUT2D eigenvalue weighted by atomic mass is 10.0. The van der Waals surface area contributed by atoms with Crippen LogP contribution < -0.4 is 0 Å². The summed E-state index contributed by atoms with van der Waals surface area (Å²) in [6, 6.07) is 46.9. The van der Waals surface area contributed by atoms with Gasteiger partial charge in [-0.2, -0.15) is 0 Å². The molecule has 0 spiro atoms. The lowest BCUT2D eigenvalue weighted by Crippen LogP contribution is -1.94. The van der Waals surface area contributed by atoms with E-state index < -0.39 is 0 Å². The Morgan fingerprint density at radius 1 is 0.436 bits per heavy atom. The SMILES string of the molecule is c1ccc2c(c1)sc1c(-c3ccc4c(c3)c3ccccc3n4-c3cccc4sc5ccccc5c34)cccc12. The third kappa shape index (κ3) is 3.00. The number of para-hydroxylation sites is 1. The average Bonchev–Trinajstić information content (AvgIpc) is 3.66. The van der Waals surface area contributed by atoms with Crippen LogP contribution in [-0.2, 0) is 0 Å². The van der Waals surface area contributed by atoms with E-state index in [4.69, 9.17) is 0 Å². The molecule has 9 rings (SSSR count). The van der Waals surface area contributed by atoms with Gasteiger partial charge in [0.2, 0.25) is 0 Å². The van der Waals surface area contributed by atoms with E-state index in [0.29, 0.717) is 0 Å². The van der Waals surface area contributed by atoms with Gasteiger partial charge in [-0.25, -0.2) is 0 Å². The molecule has 0 atom stereocenters. The van der Waals surface area contributed by atoms with Crippen LogP contribution in [0.3, 0.4) is 0 Å². The fourth-order valence-electron chi connectivity index (χ4n) is 6.32. The maximum atomic E-state index is 2.47. The molecule has 0 aliphatic heterocycles. The summed E-state index contributed by atoms with van der Waals surface area (Å²) in [5.74, 6) is 0. The summed E-state index contributed by atoms with van der Waals surface area (Å²) in [7, 11) is 0. The molecule has 182 valence electrons. The quantitative estimate of drug-likeness (QED) is 0.209. The van der Waals surface area contributed by atoms with Crippen LogP contribution in [0.25, 0.3) is 79.0 Å². The summed E-state index contributed by atoms with van der Waals surface area (Å²) >= 11 is 3.77. The van der Waals surface area contributed by atoms with Gasteiger partial charge in [-0.15, -0.1) is 22.7 Å².